The van der Waals surface area contributed by atoms with Gasteiger partial charge in [-0.15, -0.1) is 0 Å². The lowest BCUT2D eigenvalue weighted by molar-refractivity contribution is -0.122. The molecule has 148 valence electrons. The number of amides is 1. The number of anilines is 1. The first-order valence-corrected chi connectivity index (χ1v) is 9.88. The molecule has 0 aliphatic carbocycles. The summed E-state index contributed by atoms with van der Waals surface area (Å²) in [5.41, 5.74) is 3.02. The smallest absolute Gasteiger partial charge is 0.255 e. The van der Waals surface area contributed by atoms with Crippen molar-refractivity contribution in [3.8, 4) is 0 Å². The molecule has 4 rings (SSSR count). The van der Waals surface area contributed by atoms with E-state index in [0.717, 1.165) is 32.4 Å². The zero-order valence-electron chi connectivity index (χ0n) is 16.2. The van der Waals surface area contributed by atoms with E-state index >= 15 is 0 Å². The van der Waals surface area contributed by atoms with Crippen molar-refractivity contribution in [1.82, 2.24) is 14.9 Å². The van der Waals surface area contributed by atoms with Gasteiger partial charge in [-0.3, -0.25) is 14.2 Å². The molecular formula is C21H26N4O3. The molecule has 7 nitrogen and oxygen atoms in total. The zero-order valence-corrected chi connectivity index (χ0v) is 16.2. The Hall–Kier alpha value is -2.67. The van der Waals surface area contributed by atoms with E-state index in [-0.39, 0.29) is 24.1 Å². The van der Waals surface area contributed by atoms with Crippen molar-refractivity contribution in [3.63, 3.8) is 0 Å². The highest BCUT2D eigenvalue weighted by atomic mass is 16.5. The van der Waals surface area contributed by atoms with Crippen molar-refractivity contribution in [2.24, 2.45) is 0 Å². The summed E-state index contributed by atoms with van der Waals surface area (Å²) in [6.07, 6.45) is 2.97. The lowest BCUT2D eigenvalue weighted by Gasteiger charge is -2.31. The number of carbonyl (C=O) groups is 1. The van der Waals surface area contributed by atoms with Gasteiger partial charge in [0.25, 0.3) is 5.56 Å². The van der Waals surface area contributed by atoms with Crippen LogP contribution in [0.4, 0.5) is 5.95 Å². The minimum atomic E-state index is -0.200. The molecule has 1 fully saturated rings. The zero-order chi connectivity index (χ0) is 19.5. The molecule has 7 heteroatoms. The molecule has 1 aromatic carbocycles. The van der Waals surface area contributed by atoms with Crippen LogP contribution in [-0.2, 0) is 29.0 Å². The fraction of sp³-hybridized carbons (Fsp3) is 0.476. The largest absolute Gasteiger partial charge is 0.376 e. The Balaban J connectivity index is 1.53. The van der Waals surface area contributed by atoms with Crippen LogP contribution in [0.3, 0.4) is 0 Å². The fourth-order valence-corrected chi connectivity index (χ4v) is 3.89. The Morgan fingerprint density at radius 3 is 2.93 bits per heavy atom. The molecular weight excluding hydrogens is 356 g/mol. The summed E-state index contributed by atoms with van der Waals surface area (Å²) < 4.78 is 7.02. The average Bonchev–Trinajstić information content (AvgIpc) is 3.21. The molecule has 0 saturated carbocycles. The van der Waals surface area contributed by atoms with Gasteiger partial charge < -0.3 is 15.0 Å². The first-order chi connectivity index (χ1) is 13.6. The second-order valence-electron chi connectivity index (χ2n) is 7.50. The van der Waals surface area contributed by atoms with Crippen molar-refractivity contribution < 1.29 is 9.53 Å². The maximum Gasteiger partial charge on any atom is 0.255 e. The van der Waals surface area contributed by atoms with Gasteiger partial charge in [-0.1, -0.05) is 24.3 Å². The Morgan fingerprint density at radius 2 is 2.14 bits per heavy atom. The first-order valence-electron chi connectivity index (χ1n) is 9.88. The summed E-state index contributed by atoms with van der Waals surface area (Å²) in [6.45, 7) is 4.47. The van der Waals surface area contributed by atoms with E-state index in [1.165, 1.54) is 21.8 Å². The fourth-order valence-electron chi connectivity index (χ4n) is 3.89. The van der Waals surface area contributed by atoms with Gasteiger partial charge in [0.2, 0.25) is 11.9 Å². The number of nitrogens with one attached hydrogen (secondary N) is 1. The highest BCUT2D eigenvalue weighted by Crippen LogP contribution is 2.22. The first kappa shape index (κ1) is 18.7. The van der Waals surface area contributed by atoms with Gasteiger partial charge >= 0.3 is 0 Å². The molecule has 3 heterocycles. The Labute approximate surface area is 164 Å². The number of fused-ring (bicyclic) bond motifs is 1. The Morgan fingerprint density at radius 1 is 1.32 bits per heavy atom. The summed E-state index contributed by atoms with van der Waals surface area (Å²) >= 11 is 0. The van der Waals surface area contributed by atoms with E-state index in [1.807, 2.05) is 19.1 Å². The monoisotopic (exact) mass is 382 g/mol. The van der Waals surface area contributed by atoms with E-state index in [2.05, 4.69) is 27.3 Å². The molecule has 1 N–H and O–H groups in total. The molecule has 1 saturated heterocycles. The van der Waals surface area contributed by atoms with Gasteiger partial charge in [-0.2, -0.15) is 0 Å². The van der Waals surface area contributed by atoms with Crippen LogP contribution in [0, 0.1) is 6.92 Å². The van der Waals surface area contributed by atoms with Crippen LogP contribution in [-0.4, -0.2) is 41.3 Å². The molecule has 0 radical (unpaired) electrons. The number of hydrogen-bond acceptors (Lipinski definition) is 5. The second kappa shape index (κ2) is 8.14. The number of aromatic nitrogens is 2. The van der Waals surface area contributed by atoms with E-state index in [0.29, 0.717) is 24.7 Å². The van der Waals surface area contributed by atoms with E-state index in [4.69, 9.17) is 4.74 Å². The van der Waals surface area contributed by atoms with Gasteiger partial charge in [0, 0.05) is 38.0 Å². The van der Waals surface area contributed by atoms with Crippen molar-refractivity contribution in [2.75, 3.05) is 24.6 Å². The lowest BCUT2D eigenvalue weighted by Crippen LogP contribution is -2.40. The molecule has 2 aromatic rings. The quantitative estimate of drug-likeness (QED) is 0.846. The second-order valence-corrected chi connectivity index (χ2v) is 7.50. The maximum absolute atomic E-state index is 12.6. The third kappa shape index (κ3) is 4.09. The van der Waals surface area contributed by atoms with Gasteiger partial charge in [0.05, 0.1) is 6.10 Å². The summed E-state index contributed by atoms with van der Waals surface area (Å²) in [4.78, 5) is 31.8. The summed E-state index contributed by atoms with van der Waals surface area (Å²) in [5, 5.41) is 2.89. The normalized spacial score (nSPS) is 18.8. The molecule has 1 unspecified atom stereocenters. The molecule has 1 aromatic heterocycles. The van der Waals surface area contributed by atoms with Gasteiger partial charge in [0.15, 0.2) is 0 Å². The van der Waals surface area contributed by atoms with Crippen LogP contribution >= 0.6 is 0 Å². The number of ether oxygens (including phenoxy) is 1. The Bertz CT molecular complexity index is 918. The average molecular weight is 382 g/mol. The predicted octanol–water partition coefficient (Wildman–Crippen LogP) is 1.41. The van der Waals surface area contributed by atoms with Crippen LogP contribution in [0.2, 0.25) is 0 Å². The lowest BCUT2D eigenvalue weighted by atomic mass is 10.0. The minimum absolute atomic E-state index is 0.0354. The number of nitrogens with zero attached hydrogens (tertiary/aromatic N) is 3. The van der Waals surface area contributed by atoms with E-state index < -0.39 is 0 Å². The molecule has 0 spiro atoms. The molecule has 28 heavy (non-hydrogen) atoms. The summed E-state index contributed by atoms with van der Waals surface area (Å²) in [5.74, 6) is 0.369. The van der Waals surface area contributed by atoms with Crippen molar-refractivity contribution in [2.45, 2.75) is 45.4 Å². The number of aryl methyl sites for hydroxylation is 1. The molecule has 0 bridgehead atoms. The van der Waals surface area contributed by atoms with Crippen molar-refractivity contribution in [1.29, 1.82) is 0 Å². The number of hydrogen-bond donors (Lipinski definition) is 1. The van der Waals surface area contributed by atoms with Gasteiger partial charge in [0.1, 0.15) is 6.54 Å². The molecule has 2 aliphatic heterocycles. The maximum atomic E-state index is 12.6. The topological polar surface area (TPSA) is 76.5 Å². The highest BCUT2D eigenvalue weighted by molar-refractivity contribution is 5.76. The van der Waals surface area contributed by atoms with Crippen LogP contribution < -0.4 is 15.8 Å². The molecule has 1 atom stereocenters. The number of carbonyl (C=O) groups excluding carboxylic acids is 1. The summed E-state index contributed by atoms with van der Waals surface area (Å²) in [7, 11) is 0. The third-order valence-electron chi connectivity index (χ3n) is 5.38. The van der Waals surface area contributed by atoms with Gasteiger partial charge in [-0.05, 0) is 37.3 Å². The van der Waals surface area contributed by atoms with Crippen LogP contribution in [0.5, 0.6) is 0 Å². The molecule has 1 amide bonds. The molecule has 2 aliphatic rings. The van der Waals surface area contributed by atoms with Crippen LogP contribution in [0.15, 0.2) is 35.1 Å². The SMILES string of the molecule is Cc1cc(=O)n(CC(=O)NCC2CCCO2)c(N2CCc3ccccc3C2)n1. The van der Waals surface area contributed by atoms with E-state index in [1.54, 1.807) is 0 Å². The van der Waals surface area contributed by atoms with Crippen LogP contribution in [0.25, 0.3) is 0 Å². The Kier molecular flexibility index (Phi) is 5.43. The predicted molar refractivity (Wildman–Crippen MR) is 106 cm³/mol. The van der Waals surface area contributed by atoms with E-state index in [9.17, 15) is 9.59 Å². The standard InChI is InChI=1S/C21H26N4O3/c1-15-11-20(27)25(14-19(26)22-12-18-7-4-10-28-18)21(23-15)24-9-8-16-5-2-3-6-17(16)13-24/h2-3,5-6,11,18H,4,7-10,12-14H2,1H3,(H,22,26). The highest BCUT2D eigenvalue weighted by Gasteiger charge is 2.22. The van der Waals surface area contributed by atoms with Crippen molar-refractivity contribution in [3.05, 3.63) is 57.5 Å². The minimum Gasteiger partial charge on any atom is -0.376 e. The van der Waals surface area contributed by atoms with Gasteiger partial charge in [-0.25, -0.2) is 4.98 Å². The van der Waals surface area contributed by atoms with Crippen LogP contribution in [0.1, 0.15) is 29.7 Å². The summed E-state index contributed by atoms with van der Waals surface area (Å²) in [6, 6.07) is 9.80. The number of benzene rings is 1. The third-order valence-corrected chi connectivity index (χ3v) is 5.38. The number of rotatable bonds is 5. The van der Waals surface area contributed by atoms with Crippen molar-refractivity contribution >= 4 is 11.9 Å².